The third-order valence-corrected chi connectivity index (χ3v) is 2.10. The van der Waals surface area contributed by atoms with Gasteiger partial charge in [0.1, 0.15) is 29.6 Å². The van der Waals surface area contributed by atoms with Crippen LogP contribution in [0.4, 0.5) is 8.78 Å². The molecule has 0 bridgehead atoms. The van der Waals surface area contributed by atoms with E-state index in [9.17, 15) is 18.7 Å². The van der Waals surface area contributed by atoms with Crippen LogP contribution in [0.25, 0.3) is 0 Å². The van der Waals surface area contributed by atoms with Gasteiger partial charge in [-0.05, 0) is 18.2 Å². The zero-order chi connectivity index (χ0) is 11.0. The Balaban J connectivity index is 2.49. The maximum atomic E-state index is 13.3. The topological polar surface area (TPSA) is 46.5 Å². The molecule has 0 aromatic heterocycles. The molecule has 1 aromatic carbocycles. The Morgan fingerprint density at radius 3 is 2.67 bits per heavy atom. The molecular formula is C10H6F2O3. The Bertz CT molecular complexity index is 454. The average Bonchev–Trinajstić information content (AvgIpc) is 2.51. The minimum absolute atomic E-state index is 0.230. The SMILES string of the molecule is O=C1OC=C(O)C1c1cc(F)ccc1F. The molecule has 0 saturated heterocycles. The van der Waals surface area contributed by atoms with Crippen molar-refractivity contribution in [3.8, 4) is 0 Å². The van der Waals surface area contributed by atoms with Crippen LogP contribution in [0.1, 0.15) is 11.5 Å². The van der Waals surface area contributed by atoms with Crippen molar-refractivity contribution >= 4 is 5.97 Å². The number of benzene rings is 1. The Morgan fingerprint density at radius 1 is 1.33 bits per heavy atom. The highest BCUT2D eigenvalue weighted by Crippen LogP contribution is 2.31. The van der Waals surface area contributed by atoms with Crippen molar-refractivity contribution < 1.29 is 23.4 Å². The molecule has 5 heteroatoms. The fourth-order valence-corrected chi connectivity index (χ4v) is 1.40. The highest BCUT2D eigenvalue weighted by molar-refractivity contribution is 5.84. The molecule has 1 unspecified atom stereocenters. The molecule has 0 radical (unpaired) electrons. The van der Waals surface area contributed by atoms with E-state index in [4.69, 9.17) is 0 Å². The lowest BCUT2D eigenvalue weighted by molar-refractivity contribution is -0.137. The molecule has 0 spiro atoms. The first-order valence-electron chi connectivity index (χ1n) is 4.14. The van der Waals surface area contributed by atoms with Gasteiger partial charge in [0.15, 0.2) is 0 Å². The predicted octanol–water partition coefficient (Wildman–Crippen LogP) is 2.00. The number of rotatable bonds is 1. The summed E-state index contributed by atoms with van der Waals surface area (Å²) in [6.07, 6.45) is 0.817. The van der Waals surface area contributed by atoms with E-state index in [2.05, 4.69) is 4.74 Å². The minimum atomic E-state index is -1.26. The van der Waals surface area contributed by atoms with Crippen molar-refractivity contribution in [1.82, 2.24) is 0 Å². The molecule has 1 heterocycles. The molecule has 2 rings (SSSR count). The van der Waals surface area contributed by atoms with E-state index in [0.717, 1.165) is 24.5 Å². The van der Waals surface area contributed by atoms with E-state index in [1.54, 1.807) is 0 Å². The van der Waals surface area contributed by atoms with Gasteiger partial charge in [0.25, 0.3) is 0 Å². The summed E-state index contributed by atoms with van der Waals surface area (Å²) in [7, 11) is 0. The van der Waals surface area contributed by atoms with Gasteiger partial charge >= 0.3 is 5.97 Å². The second-order valence-corrected chi connectivity index (χ2v) is 3.08. The highest BCUT2D eigenvalue weighted by Gasteiger charge is 2.34. The summed E-state index contributed by atoms with van der Waals surface area (Å²) in [5, 5.41) is 9.25. The predicted molar refractivity (Wildman–Crippen MR) is 45.9 cm³/mol. The van der Waals surface area contributed by atoms with Crippen molar-refractivity contribution in [3.05, 3.63) is 47.4 Å². The zero-order valence-electron chi connectivity index (χ0n) is 7.41. The van der Waals surface area contributed by atoms with Crippen LogP contribution in [0.5, 0.6) is 0 Å². The van der Waals surface area contributed by atoms with Crippen molar-refractivity contribution in [1.29, 1.82) is 0 Å². The molecule has 1 aliphatic rings. The Kier molecular flexibility index (Phi) is 2.15. The van der Waals surface area contributed by atoms with Gasteiger partial charge in [-0.2, -0.15) is 0 Å². The zero-order valence-corrected chi connectivity index (χ0v) is 7.41. The van der Waals surface area contributed by atoms with Gasteiger partial charge in [-0.1, -0.05) is 0 Å². The smallest absolute Gasteiger partial charge is 0.326 e. The first kappa shape index (κ1) is 9.64. The van der Waals surface area contributed by atoms with Crippen molar-refractivity contribution in [3.63, 3.8) is 0 Å². The normalized spacial score (nSPS) is 20.0. The maximum absolute atomic E-state index is 13.3. The third kappa shape index (κ3) is 1.56. The Labute approximate surface area is 83.6 Å². The van der Waals surface area contributed by atoms with Crippen LogP contribution in [-0.2, 0) is 9.53 Å². The van der Waals surface area contributed by atoms with Gasteiger partial charge in [0, 0.05) is 5.56 Å². The van der Waals surface area contributed by atoms with Gasteiger partial charge in [-0.25, -0.2) is 8.78 Å². The van der Waals surface area contributed by atoms with Crippen LogP contribution < -0.4 is 0 Å². The number of esters is 1. The van der Waals surface area contributed by atoms with Crippen LogP contribution in [0, 0.1) is 11.6 Å². The summed E-state index contributed by atoms with van der Waals surface area (Å²) in [6, 6.07) is 2.68. The average molecular weight is 212 g/mol. The van der Waals surface area contributed by atoms with Gasteiger partial charge in [0.2, 0.25) is 0 Å². The van der Waals surface area contributed by atoms with Crippen LogP contribution in [0.3, 0.4) is 0 Å². The van der Waals surface area contributed by atoms with Crippen LogP contribution in [-0.4, -0.2) is 11.1 Å². The molecule has 1 N–H and O–H groups in total. The van der Waals surface area contributed by atoms with Gasteiger partial charge in [0.05, 0.1) is 0 Å². The lowest BCUT2D eigenvalue weighted by atomic mass is 9.98. The lowest BCUT2D eigenvalue weighted by Crippen LogP contribution is -2.11. The molecule has 1 aromatic rings. The number of hydrogen-bond donors (Lipinski definition) is 1. The number of carbonyl (C=O) groups excluding carboxylic acids is 1. The van der Waals surface area contributed by atoms with E-state index in [1.165, 1.54) is 0 Å². The summed E-state index contributed by atoms with van der Waals surface area (Å²) < 4.78 is 30.5. The second kappa shape index (κ2) is 3.34. The Hall–Kier alpha value is -1.91. The van der Waals surface area contributed by atoms with Gasteiger partial charge in [-0.3, -0.25) is 4.79 Å². The van der Waals surface area contributed by atoms with Crippen LogP contribution >= 0.6 is 0 Å². The van der Waals surface area contributed by atoms with Crippen molar-refractivity contribution in [2.75, 3.05) is 0 Å². The number of carbonyl (C=O) groups is 1. The summed E-state index contributed by atoms with van der Waals surface area (Å²) in [5.74, 6) is -3.96. The van der Waals surface area contributed by atoms with E-state index in [0.29, 0.717) is 0 Å². The summed E-state index contributed by atoms with van der Waals surface area (Å²) in [6.45, 7) is 0. The molecule has 0 aliphatic carbocycles. The maximum Gasteiger partial charge on any atom is 0.326 e. The number of ether oxygens (including phenoxy) is 1. The minimum Gasteiger partial charge on any atom is -0.508 e. The lowest BCUT2D eigenvalue weighted by Gasteiger charge is -2.08. The number of halogens is 2. The first-order valence-corrected chi connectivity index (χ1v) is 4.14. The fraction of sp³-hybridized carbons (Fsp3) is 0.100. The second-order valence-electron chi connectivity index (χ2n) is 3.08. The molecule has 0 saturated carbocycles. The monoisotopic (exact) mass is 212 g/mol. The van der Waals surface area contributed by atoms with Gasteiger partial charge in [-0.15, -0.1) is 0 Å². The summed E-state index contributed by atoms with van der Waals surface area (Å²) in [5.41, 5.74) is -0.230. The third-order valence-electron chi connectivity index (χ3n) is 2.10. The van der Waals surface area contributed by atoms with E-state index in [1.807, 2.05) is 0 Å². The number of aliphatic hydroxyl groups is 1. The molecule has 0 amide bonds. The fourth-order valence-electron chi connectivity index (χ4n) is 1.40. The quantitative estimate of drug-likeness (QED) is 0.724. The molecule has 1 aliphatic heterocycles. The molecule has 0 fully saturated rings. The van der Waals surface area contributed by atoms with Crippen LogP contribution in [0.15, 0.2) is 30.2 Å². The summed E-state index contributed by atoms with van der Waals surface area (Å²) in [4.78, 5) is 11.1. The number of hydrogen-bond acceptors (Lipinski definition) is 3. The summed E-state index contributed by atoms with van der Waals surface area (Å²) >= 11 is 0. The first-order chi connectivity index (χ1) is 7.09. The molecule has 78 valence electrons. The standard InChI is InChI=1S/C10H6F2O3/c11-5-1-2-7(12)6(3-5)9-8(13)4-15-10(9)14/h1-4,9,13H. The van der Waals surface area contributed by atoms with E-state index < -0.39 is 29.3 Å². The number of cyclic esters (lactones) is 1. The van der Waals surface area contributed by atoms with Crippen LogP contribution in [0.2, 0.25) is 0 Å². The molecular weight excluding hydrogens is 206 g/mol. The highest BCUT2D eigenvalue weighted by atomic mass is 19.1. The molecule has 3 nitrogen and oxygen atoms in total. The van der Waals surface area contributed by atoms with Crippen molar-refractivity contribution in [2.24, 2.45) is 0 Å². The van der Waals surface area contributed by atoms with Gasteiger partial charge < -0.3 is 9.84 Å². The largest absolute Gasteiger partial charge is 0.508 e. The van der Waals surface area contributed by atoms with E-state index >= 15 is 0 Å². The molecule has 1 atom stereocenters. The Morgan fingerprint density at radius 2 is 2.07 bits per heavy atom. The van der Waals surface area contributed by atoms with E-state index in [-0.39, 0.29) is 5.56 Å². The van der Waals surface area contributed by atoms with Crippen molar-refractivity contribution in [2.45, 2.75) is 5.92 Å². The number of aliphatic hydroxyl groups excluding tert-OH is 1. The molecule has 15 heavy (non-hydrogen) atoms.